The Balaban J connectivity index is 1.39. The Morgan fingerprint density at radius 3 is 2.10 bits per heavy atom. The van der Waals surface area contributed by atoms with E-state index in [1.165, 1.54) is 0 Å². The van der Waals surface area contributed by atoms with Crippen LogP contribution >= 0.6 is 0 Å². The minimum atomic E-state index is -1.32. The third-order valence-electron chi connectivity index (χ3n) is 10.9. The van der Waals surface area contributed by atoms with Crippen molar-refractivity contribution in [2.24, 2.45) is 5.41 Å². The average Bonchev–Trinajstić information content (AvgIpc) is 3.58. The average molecular weight is 656 g/mol. The fourth-order valence-electron chi connectivity index (χ4n) is 8.63. The molecule has 5 nitrogen and oxygen atoms in total. The fourth-order valence-corrected chi connectivity index (χ4v) is 8.63. The summed E-state index contributed by atoms with van der Waals surface area (Å²) in [4.78, 5) is 33.0. The molecule has 0 radical (unpaired) electrons. The Labute approximate surface area is 294 Å². The number of Topliss-reactive ketones (excluding diaryl/α,β-unsaturated/α-hetero) is 1. The Kier molecular flexibility index (Phi) is 8.08. The maximum absolute atomic E-state index is 15.9. The van der Waals surface area contributed by atoms with Gasteiger partial charge in [-0.15, -0.1) is 0 Å². The molecule has 3 aliphatic rings. The van der Waals surface area contributed by atoms with E-state index < -0.39 is 11.0 Å². The highest BCUT2D eigenvalue weighted by molar-refractivity contribution is 6.16. The van der Waals surface area contributed by atoms with Gasteiger partial charge in [0.2, 0.25) is 0 Å². The number of hydrogen-bond donors (Lipinski definition) is 2. The van der Waals surface area contributed by atoms with Gasteiger partial charge in [-0.25, -0.2) is 0 Å². The van der Waals surface area contributed by atoms with Crippen LogP contribution in [0.25, 0.3) is 12.2 Å². The number of piperidine rings is 1. The van der Waals surface area contributed by atoms with E-state index in [9.17, 15) is 4.79 Å². The van der Waals surface area contributed by atoms with Gasteiger partial charge >= 0.3 is 0 Å². The van der Waals surface area contributed by atoms with Crippen molar-refractivity contribution in [3.63, 3.8) is 0 Å². The van der Waals surface area contributed by atoms with Gasteiger partial charge in [0, 0.05) is 41.9 Å². The quantitative estimate of drug-likeness (QED) is 0.182. The molecule has 50 heavy (non-hydrogen) atoms. The highest BCUT2D eigenvalue weighted by Crippen LogP contribution is 2.63. The number of rotatable bonds is 6. The molecule has 2 spiro atoms. The lowest BCUT2D eigenvalue weighted by molar-refractivity contribution is -0.141. The maximum Gasteiger partial charge on any atom is 0.250 e. The van der Waals surface area contributed by atoms with Crippen molar-refractivity contribution >= 4 is 29.5 Å². The smallest absolute Gasteiger partial charge is 0.250 e. The Hall–Kier alpha value is -5.52. The fraction of sp³-hybridized carbons (Fsp3) is 0.200. The van der Waals surface area contributed by atoms with Crippen LogP contribution in [-0.2, 0) is 21.5 Å². The van der Waals surface area contributed by atoms with E-state index in [1.54, 1.807) is 0 Å². The SMILES string of the molecule is Cc1ccc(/C=C2\CN(/C=C/c3ccccc3)C[C@]3(C2=O)[C@H](c2ccc(C)cc2)[C@@H](Cc2ccccc2)NC32C(=O)Nc3ccccc32)cc1. The third kappa shape index (κ3) is 5.30. The maximum atomic E-state index is 15.9. The van der Waals surface area contributed by atoms with E-state index in [0.717, 1.165) is 44.6 Å². The molecule has 2 N–H and O–H groups in total. The molecule has 4 atom stereocenters. The first-order chi connectivity index (χ1) is 24.4. The van der Waals surface area contributed by atoms with Crippen LogP contribution < -0.4 is 10.6 Å². The van der Waals surface area contributed by atoms with Crippen LogP contribution in [0.3, 0.4) is 0 Å². The summed E-state index contributed by atoms with van der Waals surface area (Å²) in [7, 11) is 0. The van der Waals surface area contributed by atoms with Gasteiger partial charge in [0.1, 0.15) is 5.54 Å². The number of nitrogens with zero attached hydrogens (tertiary/aromatic N) is 1. The topological polar surface area (TPSA) is 61.4 Å². The van der Waals surface area contributed by atoms with Gasteiger partial charge in [-0.3, -0.25) is 14.9 Å². The van der Waals surface area contributed by atoms with Crippen molar-refractivity contribution in [2.75, 3.05) is 18.4 Å². The third-order valence-corrected chi connectivity index (χ3v) is 10.9. The van der Waals surface area contributed by atoms with Crippen LogP contribution in [-0.4, -0.2) is 35.7 Å². The first-order valence-corrected chi connectivity index (χ1v) is 17.5. The Morgan fingerprint density at radius 2 is 1.38 bits per heavy atom. The second kappa shape index (κ2) is 12.7. The van der Waals surface area contributed by atoms with E-state index in [1.807, 2.05) is 54.6 Å². The molecular weight excluding hydrogens is 615 g/mol. The van der Waals surface area contributed by atoms with Crippen LogP contribution in [0.5, 0.6) is 0 Å². The lowest BCUT2D eigenvalue weighted by atomic mass is 9.55. The summed E-state index contributed by atoms with van der Waals surface area (Å²) in [6.07, 6.45) is 6.90. The van der Waals surface area contributed by atoms with E-state index in [2.05, 4.69) is 127 Å². The molecule has 0 bridgehead atoms. The summed E-state index contributed by atoms with van der Waals surface area (Å²) < 4.78 is 0. The number of ketones is 1. The normalized spacial score (nSPS) is 25.2. The number of amides is 1. The zero-order chi connectivity index (χ0) is 34.3. The number of hydrogen-bond acceptors (Lipinski definition) is 4. The summed E-state index contributed by atoms with van der Waals surface area (Å²) in [6.45, 7) is 4.94. The van der Waals surface area contributed by atoms with E-state index in [4.69, 9.17) is 0 Å². The van der Waals surface area contributed by atoms with Gasteiger partial charge in [0.05, 0.1) is 5.41 Å². The van der Waals surface area contributed by atoms with Crippen molar-refractivity contribution < 1.29 is 9.59 Å². The summed E-state index contributed by atoms with van der Waals surface area (Å²) >= 11 is 0. The van der Waals surface area contributed by atoms with Gasteiger partial charge in [0.25, 0.3) is 5.91 Å². The number of carbonyl (C=O) groups excluding carboxylic acids is 2. The van der Waals surface area contributed by atoms with Crippen LogP contribution in [0.2, 0.25) is 0 Å². The lowest BCUT2D eigenvalue weighted by Gasteiger charge is -2.50. The molecular formula is C45H41N3O2. The summed E-state index contributed by atoms with van der Waals surface area (Å²) in [5, 5.41) is 7.17. The predicted octanol–water partition coefficient (Wildman–Crippen LogP) is 8.07. The molecule has 5 aromatic rings. The van der Waals surface area contributed by atoms with Crippen LogP contribution in [0.15, 0.2) is 145 Å². The number of anilines is 1. The molecule has 3 aliphatic heterocycles. The highest BCUT2D eigenvalue weighted by atomic mass is 16.2. The summed E-state index contributed by atoms with van der Waals surface area (Å²) in [5.41, 5.74) is 6.30. The van der Waals surface area contributed by atoms with E-state index in [0.29, 0.717) is 25.1 Å². The Morgan fingerprint density at radius 1 is 0.740 bits per heavy atom. The number of aryl methyl sites for hydroxylation is 2. The van der Waals surface area contributed by atoms with Gasteiger partial charge in [0.15, 0.2) is 5.78 Å². The number of benzene rings is 5. The molecule has 2 saturated heterocycles. The number of carbonyl (C=O) groups is 2. The van der Waals surface area contributed by atoms with Crippen LogP contribution in [0.1, 0.15) is 44.9 Å². The monoisotopic (exact) mass is 655 g/mol. The number of para-hydroxylation sites is 1. The molecule has 8 rings (SSSR count). The lowest BCUT2D eigenvalue weighted by Crippen LogP contribution is -2.65. The second-order valence-corrected chi connectivity index (χ2v) is 14.1. The molecule has 5 heteroatoms. The standard InChI is InChI=1S/C45H41N3O2/c1-31-17-21-35(22-18-31)27-37-29-48(26-25-33-11-5-3-6-12-33)30-44(42(37)49)41(36-23-19-32(2)20-24-36)40(28-34-13-7-4-8-14-34)47-45(44)38-15-9-10-16-39(38)46-43(45)50/h3-27,40-41,47H,28-30H2,1-2H3,(H,46,50)/b26-25+,37-27+/t40-,41-,44-,45?/m1/s1. The molecule has 3 heterocycles. The van der Waals surface area contributed by atoms with Crippen molar-refractivity contribution in [3.8, 4) is 0 Å². The molecule has 5 aromatic carbocycles. The molecule has 1 amide bonds. The molecule has 248 valence electrons. The molecule has 2 fully saturated rings. The first-order valence-electron chi connectivity index (χ1n) is 17.5. The summed E-state index contributed by atoms with van der Waals surface area (Å²) in [5.74, 6) is -0.492. The van der Waals surface area contributed by atoms with E-state index >= 15 is 4.79 Å². The Bertz CT molecular complexity index is 2100. The number of fused-ring (bicyclic) bond motifs is 3. The van der Waals surface area contributed by atoms with Gasteiger partial charge in [-0.2, -0.15) is 0 Å². The predicted molar refractivity (Wildman–Crippen MR) is 201 cm³/mol. The van der Waals surface area contributed by atoms with Crippen LogP contribution in [0, 0.1) is 19.3 Å². The zero-order valence-electron chi connectivity index (χ0n) is 28.5. The van der Waals surface area contributed by atoms with Crippen molar-refractivity contribution in [2.45, 2.75) is 37.8 Å². The minimum absolute atomic E-state index is 0.0166. The summed E-state index contributed by atoms with van der Waals surface area (Å²) in [6, 6.07) is 45.2. The molecule has 0 aromatic heterocycles. The zero-order valence-corrected chi connectivity index (χ0v) is 28.5. The minimum Gasteiger partial charge on any atom is -0.372 e. The number of likely N-dealkylation sites (tertiary alicyclic amines) is 1. The van der Waals surface area contributed by atoms with Gasteiger partial charge in [-0.1, -0.05) is 139 Å². The van der Waals surface area contributed by atoms with Crippen LogP contribution in [0.4, 0.5) is 5.69 Å². The second-order valence-electron chi connectivity index (χ2n) is 14.1. The van der Waals surface area contributed by atoms with Crippen molar-refractivity contribution in [1.29, 1.82) is 0 Å². The number of nitrogens with one attached hydrogen (secondary N) is 2. The molecule has 0 saturated carbocycles. The molecule has 1 unspecified atom stereocenters. The highest BCUT2D eigenvalue weighted by Gasteiger charge is 2.74. The van der Waals surface area contributed by atoms with Crippen molar-refractivity contribution in [1.82, 2.24) is 10.2 Å². The van der Waals surface area contributed by atoms with Gasteiger partial charge in [-0.05, 0) is 66.9 Å². The van der Waals surface area contributed by atoms with Gasteiger partial charge < -0.3 is 10.2 Å². The van der Waals surface area contributed by atoms with E-state index in [-0.39, 0.29) is 23.7 Å². The first kappa shape index (κ1) is 31.7. The molecule has 0 aliphatic carbocycles. The largest absolute Gasteiger partial charge is 0.372 e. The van der Waals surface area contributed by atoms with Crippen molar-refractivity contribution in [3.05, 3.63) is 184 Å².